The molecule has 0 saturated carbocycles. The zero-order valence-corrected chi connectivity index (χ0v) is 14.5. The largest absolute Gasteiger partial charge is 0.353 e. The number of amides is 1. The quantitative estimate of drug-likeness (QED) is 0.841. The van der Waals surface area contributed by atoms with Gasteiger partial charge in [0.05, 0.1) is 11.6 Å². The summed E-state index contributed by atoms with van der Waals surface area (Å²) in [6, 6.07) is 6.10. The number of carbonyl (C=O) groups excluding carboxylic acids is 1. The predicted octanol–water partition coefficient (Wildman–Crippen LogP) is 1.47. The van der Waals surface area contributed by atoms with Crippen LogP contribution in [0.2, 0.25) is 0 Å². The van der Waals surface area contributed by atoms with Gasteiger partial charge < -0.3 is 9.80 Å². The molecule has 3 rings (SSSR count). The molecular formula is C18H25N5O. The van der Waals surface area contributed by atoms with Crippen LogP contribution in [0.1, 0.15) is 32.3 Å². The van der Waals surface area contributed by atoms with Crippen LogP contribution in [0.25, 0.3) is 0 Å². The molecule has 0 spiro atoms. The van der Waals surface area contributed by atoms with Gasteiger partial charge >= 0.3 is 0 Å². The number of anilines is 1. The molecule has 24 heavy (non-hydrogen) atoms. The van der Waals surface area contributed by atoms with Gasteiger partial charge in [-0.2, -0.15) is 5.26 Å². The Morgan fingerprint density at radius 2 is 2.00 bits per heavy atom. The van der Waals surface area contributed by atoms with Crippen molar-refractivity contribution in [3.8, 4) is 6.07 Å². The van der Waals surface area contributed by atoms with Crippen LogP contribution in [0.5, 0.6) is 0 Å². The number of hydrogen-bond donors (Lipinski definition) is 0. The Balaban J connectivity index is 1.65. The van der Waals surface area contributed by atoms with E-state index in [9.17, 15) is 10.1 Å². The maximum absolute atomic E-state index is 12.7. The number of nitriles is 1. The Hall–Kier alpha value is -2.13. The third kappa shape index (κ3) is 3.22. The number of hydrogen-bond acceptors (Lipinski definition) is 5. The fourth-order valence-electron chi connectivity index (χ4n) is 3.71. The molecule has 128 valence electrons. The second kappa shape index (κ2) is 7.18. The maximum Gasteiger partial charge on any atom is 0.240 e. The van der Waals surface area contributed by atoms with Gasteiger partial charge in [-0.25, -0.2) is 4.98 Å². The van der Waals surface area contributed by atoms with E-state index in [0.717, 1.165) is 51.4 Å². The summed E-state index contributed by atoms with van der Waals surface area (Å²) < 4.78 is 0. The summed E-state index contributed by atoms with van der Waals surface area (Å²) in [7, 11) is 0. The van der Waals surface area contributed by atoms with Crippen molar-refractivity contribution in [2.75, 3.05) is 37.6 Å². The smallest absolute Gasteiger partial charge is 0.240 e. The van der Waals surface area contributed by atoms with Gasteiger partial charge in [-0.05, 0) is 38.8 Å². The van der Waals surface area contributed by atoms with Crippen LogP contribution in [0.15, 0.2) is 18.3 Å². The summed E-state index contributed by atoms with van der Waals surface area (Å²) in [5, 5.41) is 9.24. The molecule has 6 heteroatoms. The summed E-state index contributed by atoms with van der Waals surface area (Å²) in [5.74, 6) is 1.04. The van der Waals surface area contributed by atoms with E-state index in [0.29, 0.717) is 5.56 Å². The Bertz CT molecular complexity index is 631. The number of pyridine rings is 1. The minimum Gasteiger partial charge on any atom is -0.353 e. The van der Waals surface area contributed by atoms with E-state index in [4.69, 9.17) is 0 Å². The van der Waals surface area contributed by atoms with E-state index in [1.54, 1.807) is 18.3 Å². The van der Waals surface area contributed by atoms with Gasteiger partial charge in [-0.1, -0.05) is 0 Å². The SMILES string of the molecule is CC(C)N1CCC[C@H](N2CCN(c3ncccc3C#N)CC2)C1=O. The Morgan fingerprint density at radius 1 is 1.25 bits per heavy atom. The fourth-order valence-corrected chi connectivity index (χ4v) is 3.71. The van der Waals surface area contributed by atoms with Crippen LogP contribution < -0.4 is 4.90 Å². The van der Waals surface area contributed by atoms with E-state index >= 15 is 0 Å². The van der Waals surface area contributed by atoms with Crippen molar-refractivity contribution in [1.29, 1.82) is 5.26 Å². The number of carbonyl (C=O) groups is 1. The first-order valence-electron chi connectivity index (χ1n) is 8.76. The number of rotatable bonds is 3. The Kier molecular flexibility index (Phi) is 5.00. The number of nitrogens with zero attached hydrogens (tertiary/aromatic N) is 5. The van der Waals surface area contributed by atoms with Gasteiger partial charge in [0, 0.05) is 45.0 Å². The summed E-state index contributed by atoms with van der Waals surface area (Å²) in [5.41, 5.74) is 0.616. The van der Waals surface area contributed by atoms with E-state index in [-0.39, 0.29) is 18.0 Å². The molecule has 0 unspecified atom stereocenters. The molecule has 2 aliphatic heterocycles. The number of piperidine rings is 1. The standard InChI is InChI=1S/C18H25N5O/c1-14(2)23-8-4-6-16(18(23)24)21-9-11-22(12-10-21)17-15(13-19)5-3-7-20-17/h3,5,7,14,16H,4,6,8-12H2,1-2H3/t16-/m0/s1. The second-order valence-corrected chi connectivity index (χ2v) is 6.79. The third-order valence-corrected chi connectivity index (χ3v) is 5.03. The van der Waals surface area contributed by atoms with Gasteiger partial charge in [0.15, 0.2) is 0 Å². The van der Waals surface area contributed by atoms with E-state index in [1.807, 2.05) is 4.90 Å². The summed E-state index contributed by atoms with van der Waals surface area (Å²) in [6.07, 6.45) is 3.76. The average molecular weight is 327 g/mol. The van der Waals surface area contributed by atoms with E-state index in [2.05, 4.69) is 34.7 Å². The number of likely N-dealkylation sites (tertiary alicyclic amines) is 1. The van der Waals surface area contributed by atoms with Gasteiger partial charge in [0.1, 0.15) is 11.9 Å². The molecule has 1 aromatic heterocycles. The van der Waals surface area contributed by atoms with Crippen molar-refractivity contribution in [3.63, 3.8) is 0 Å². The molecule has 6 nitrogen and oxygen atoms in total. The van der Waals surface area contributed by atoms with Gasteiger partial charge in [-0.15, -0.1) is 0 Å². The van der Waals surface area contributed by atoms with Crippen LogP contribution in [-0.2, 0) is 4.79 Å². The normalized spacial score (nSPS) is 22.8. The molecule has 1 amide bonds. The molecule has 3 heterocycles. The Labute approximate surface area is 143 Å². The van der Waals surface area contributed by atoms with E-state index in [1.165, 1.54) is 0 Å². The highest BCUT2D eigenvalue weighted by Gasteiger charge is 2.35. The predicted molar refractivity (Wildman–Crippen MR) is 92.6 cm³/mol. The first-order chi connectivity index (χ1) is 11.6. The lowest BCUT2D eigenvalue weighted by atomic mass is 10.0. The van der Waals surface area contributed by atoms with Crippen molar-refractivity contribution in [1.82, 2.24) is 14.8 Å². The molecule has 2 saturated heterocycles. The van der Waals surface area contributed by atoms with Crippen molar-refractivity contribution in [2.45, 2.75) is 38.8 Å². The molecule has 0 radical (unpaired) electrons. The highest BCUT2D eigenvalue weighted by molar-refractivity contribution is 5.83. The number of piperazine rings is 1. The monoisotopic (exact) mass is 327 g/mol. The van der Waals surface area contributed by atoms with Crippen LogP contribution in [-0.4, -0.2) is 65.5 Å². The highest BCUT2D eigenvalue weighted by atomic mass is 16.2. The maximum atomic E-state index is 12.7. The van der Waals surface area contributed by atoms with Crippen LogP contribution in [0.4, 0.5) is 5.82 Å². The first kappa shape index (κ1) is 16.7. The van der Waals surface area contributed by atoms with Gasteiger partial charge in [0.2, 0.25) is 5.91 Å². The fraction of sp³-hybridized carbons (Fsp3) is 0.611. The van der Waals surface area contributed by atoms with Crippen LogP contribution in [0.3, 0.4) is 0 Å². The molecule has 1 aromatic rings. The van der Waals surface area contributed by atoms with Crippen molar-refractivity contribution in [3.05, 3.63) is 23.9 Å². The summed E-state index contributed by atoms with van der Waals surface area (Å²) >= 11 is 0. The molecule has 1 atom stereocenters. The molecule has 2 aliphatic rings. The minimum absolute atomic E-state index is 0.0162. The van der Waals surface area contributed by atoms with Crippen molar-refractivity contribution in [2.24, 2.45) is 0 Å². The minimum atomic E-state index is 0.0162. The van der Waals surface area contributed by atoms with Crippen molar-refractivity contribution < 1.29 is 4.79 Å². The summed E-state index contributed by atoms with van der Waals surface area (Å²) in [6.45, 7) is 8.33. The van der Waals surface area contributed by atoms with Crippen LogP contribution in [0, 0.1) is 11.3 Å². The molecule has 0 bridgehead atoms. The lowest BCUT2D eigenvalue weighted by molar-refractivity contribution is -0.142. The zero-order chi connectivity index (χ0) is 17.1. The topological polar surface area (TPSA) is 63.5 Å². The molecular weight excluding hydrogens is 302 g/mol. The van der Waals surface area contributed by atoms with Crippen molar-refractivity contribution >= 4 is 11.7 Å². The zero-order valence-electron chi connectivity index (χ0n) is 14.5. The average Bonchev–Trinajstić information content (AvgIpc) is 2.62. The highest BCUT2D eigenvalue weighted by Crippen LogP contribution is 2.23. The third-order valence-electron chi connectivity index (χ3n) is 5.03. The summed E-state index contributed by atoms with van der Waals surface area (Å²) in [4.78, 5) is 23.6. The van der Waals surface area contributed by atoms with Gasteiger partial charge in [0.25, 0.3) is 0 Å². The molecule has 0 aliphatic carbocycles. The van der Waals surface area contributed by atoms with Crippen LogP contribution >= 0.6 is 0 Å². The number of aromatic nitrogens is 1. The first-order valence-corrected chi connectivity index (χ1v) is 8.76. The molecule has 0 aromatic carbocycles. The molecule has 0 N–H and O–H groups in total. The van der Waals surface area contributed by atoms with Gasteiger partial charge in [-0.3, -0.25) is 9.69 Å². The molecule has 2 fully saturated rings. The lowest BCUT2D eigenvalue weighted by Crippen LogP contribution is -2.58. The Morgan fingerprint density at radius 3 is 2.67 bits per heavy atom. The van der Waals surface area contributed by atoms with E-state index < -0.39 is 0 Å². The second-order valence-electron chi connectivity index (χ2n) is 6.79. The lowest BCUT2D eigenvalue weighted by Gasteiger charge is -2.43.